The normalized spacial score (nSPS) is 11.9. The standard InChI is InChI=1S/C10H11BrN2O3/c1-6(10(15)16)13(2)9(14)7-4-3-5-12-8(7)11/h3-6H,1-2H3,(H,15,16). The van der Waals surface area contributed by atoms with Crippen molar-refractivity contribution in [1.29, 1.82) is 0 Å². The van der Waals surface area contributed by atoms with Gasteiger partial charge in [-0.25, -0.2) is 9.78 Å². The molecule has 6 heteroatoms. The summed E-state index contributed by atoms with van der Waals surface area (Å²) in [5.74, 6) is -1.43. The number of pyridine rings is 1. The van der Waals surface area contributed by atoms with Gasteiger partial charge in [0.2, 0.25) is 0 Å². The number of aromatic nitrogens is 1. The van der Waals surface area contributed by atoms with Gasteiger partial charge in [-0.2, -0.15) is 0 Å². The predicted octanol–water partition coefficient (Wildman–Crippen LogP) is 1.39. The van der Waals surface area contributed by atoms with Crippen molar-refractivity contribution >= 4 is 27.8 Å². The number of carbonyl (C=O) groups excluding carboxylic acids is 1. The fraction of sp³-hybridized carbons (Fsp3) is 0.300. The molecule has 0 bridgehead atoms. The highest BCUT2D eigenvalue weighted by atomic mass is 79.9. The number of carboxylic acid groups (broad SMARTS) is 1. The van der Waals surface area contributed by atoms with Gasteiger partial charge in [-0.1, -0.05) is 0 Å². The van der Waals surface area contributed by atoms with E-state index < -0.39 is 12.0 Å². The molecule has 0 aliphatic heterocycles. The lowest BCUT2D eigenvalue weighted by Gasteiger charge is -2.21. The Morgan fingerprint density at radius 1 is 1.56 bits per heavy atom. The van der Waals surface area contributed by atoms with E-state index in [4.69, 9.17) is 5.11 Å². The largest absolute Gasteiger partial charge is 0.480 e. The van der Waals surface area contributed by atoms with Gasteiger partial charge in [-0.3, -0.25) is 4.79 Å². The molecule has 0 aromatic carbocycles. The lowest BCUT2D eigenvalue weighted by molar-refractivity contribution is -0.141. The van der Waals surface area contributed by atoms with Crippen LogP contribution in [-0.2, 0) is 4.79 Å². The van der Waals surface area contributed by atoms with E-state index >= 15 is 0 Å². The minimum Gasteiger partial charge on any atom is -0.480 e. The van der Waals surface area contributed by atoms with Crippen LogP contribution in [-0.4, -0.2) is 40.0 Å². The summed E-state index contributed by atoms with van der Waals surface area (Å²) >= 11 is 3.15. The van der Waals surface area contributed by atoms with Gasteiger partial charge in [0.05, 0.1) is 5.56 Å². The molecule has 1 aromatic rings. The Morgan fingerprint density at radius 2 is 2.19 bits per heavy atom. The van der Waals surface area contributed by atoms with Gasteiger partial charge in [0.1, 0.15) is 10.6 Å². The molecule has 1 rings (SSSR count). The van der Waals surface area contributed by atoms with Crippen LogP contribution in [0.3, 0.4) is 0 Å². The van der Waals surface area contributed by atoms with Crippen molar-refractivity contribution in [2.75, 3.05) is 7.05 Å². The molecular weight excluding hydrogens is 276 g/mol. The molecule has 0 aliphatic rings. The Kier molecular flexibility index (Phi) is 4.00. The monoisotopic (exact) mass is 286 g/mol. The molecule has 1 amide bonds. The van der Waals surface area contributed by atoms with E-state index in [1.807, 2.05) is 0 Å². The zero-order chi connectivity index (χ0) is 12.3. The van der Waals surface area contributed by atoms with Crippen molar-refractivity contribution in [3.8, 4) is 0 Å². The van der Waals surface area contributed by atoms with Crippen LogP contribution in [0, 0.1) is 0 Å². The number of carboxylic acids is 1. The van der Waals surface area contributed by atoms with E-state index in [2.05, 4.69) is 20.9 Å². The molecule has 0 fully saturated rings. The molecule has 0 spiro atoms. The number of halogens is 1. The summed E-state index contributed by atoms with van der Waals surface area (Å²) in [6.07, 6.45) is 1.54. The summed E-state index contributed by atoms with van der Waals surface area (Å²) in [7, 11) is 1.44. The lowest BCUT2D eigenvalue weighted by Crippen LogP contribution is -2.40. The van der Waals surface area contributed by atoms with E-state index in [9.17, 15) is 9.59 Å². The van der Waals surface area contributed by atoms with E-state index in [0.29, 0.717) is 10.2 Å². The summed E-state index contributed by atoms with van der Waals surface area (Å²) in [5.41, 5.74) is 0.345. The van der Waals surface area contributed by atoms with Crippen LogP contribution in [0.15, 0.2) is 22.9 Å². The number of hydrogen-bond acceptors (Lipinski definition) is 3. The van der Waals surface area contributed by atoms with Crippen molar-refractivity contribution in [2.24, 2.45) is 0 Å². The van der Waals surface area contributed by atoms with Gasteiger partial charge >= 0.3 is 5.97 Å². The summed E-state index contributed by atoms with van der Waals surface area (Å²) in [6, 6.07) is 2.33. The van der Waals surface area contributed by atoms with Gasteiger partial charge in [-0.15, -0.1) is 0 Å². The molecule has 0 saturated heterocycles. The van der Waals surface area contributed by atoms with Crippen molar-refractivity contribution < 1.29 is 14.7 Å². The van der Waals surface area contributed by atoms with Crippen molar-refractivity contribution in [3.05, 3.63) is 28.5 Å². The molecule has 16 heavy (non-hydrogen) atoms. The Balaban J connectivity index is 2.95. The molecule has 0 saturated carbocycles. The predicted molar refractivity (Wildman–Crippen MR) is 61.1 cm³/mol. The topological polar surface area (TPSA) is 70.5 Å². The van der Waals surface area contributed by atoms with Gasteiger partial charge in [0.25, 0.3) is 5.91 Å². The summed E-state index contributed by atoms with van der Waals surface area (Å²) in [6.45, 7) is 1.45. The third kappa shape index (κ3) is 2.57. The molecule has 1 heterocycles. The summed E-state index contributed by atoms with van der Waals surface area (Å²) in [4.78, 5) is 27.7. The fourth-order valence-electron chi connectivity index (χ4n) is 1.08. The lowest BCUT2D eigenvalue weighted by atomic mass is 10.2. The van der Waals surface area contributed by atoms with Gasteiger partial charge in [0, 0.05) is 13.2 Å². The smallest absolute Gasteiger partial charge is 0.326 e. The first-order valence-corrected chi connectivity index (χ1v) is 5.35. The van der Waals surface area contributed by atoms with Crippen LogP contribution in [0.25, 0.3) is 0 Å². The van der Waals surface area contributed by atoms with Crippen molar-refractivity contribution in [1.82, 2.24) is 9.88 Å². The number of amides is 1. The molecule has 1 unspecified atom stereocenters. The van der Waals surface area contributed by atoms with Crippen LogP contribution >= 0.6 is 15.9 Å². The van der Waals surface area contributed by atoms with E-state index in [1.54, 1.807) is 18.3 Å². The molecule has 5 nitrogen and oxygen atoms in total. The van der Waals surface area contributed by atoms with Crippen LogP contribution in [0.5, 0.6) is 0 Å². The Morgan fingerprint density at radius 3 is 2.69 bits per heavy atom. The van der Waals surface area contributed by atoms with Gasteiger partial charge in [-0.05, 0) is 35.0 Å². The zero-order valence-electron chi connectivity index (χ0n) is 8.85. The highest BCUT2D eigenvalue weighted by Crippen LogP contribution is 2.15. The molecular formula is C10H11BrN2O3. The maximum Gasteiger partial charge on any atom is 0.326 e. The van der Waals surface area contributed by atoms with Gasteiger partial charge < -0.3 is 10.0 Å². The molecule has 1 aromatic heterocycles. The third-order valence-corrected chi connectivity index (χ3v) is 2.88. The molecule has 1 atom stereocenters. The first-order valence-electron chi connectivity index (χ1n) is 4.55. The maximum atomic E-state index is 11.9. The van der Waals surface area contributed by atoms with Crippen LogP contribution < -0.4 is 0 Å². The van der Waals surface area contributed by atoms with E-state index in [-0.39, 0.29) is 5.91 Å². The maximum absolute atomic E-state index is 11.9. The number of nitrogens with zero attached hydrogens (tertiary/aromatic N) is 2. The SMILES string of the molecule is CC(C(=O)O)N(C)C(=O)c1cccnc1Br. The first-order chi connectivity index (χ1) is 7.45. The third-order valence-electron chi connectivity index (χ3n) is 2.25. The van der Waals surface area contributed by atoms with Crippen molar-refractivity contribution in [3.63, 3.8) is 0 Å². The summed E-state index contributed by atoms with van der Waals surface area (Å²) in [5, 5.41) is 8.80. The molecule has 0 radical (unpaired) electrons. The van der Waals surface area contributed by atoms with Gasteiger partial charge in [0.15, 0.2) is 0 Å². The molecule has 1 N–H and O–H groups in total. The highest BCUT2D eigenvalue weighted by molar-refractivity contribution is 9.10. The minimum atomic E-state index is -1.05. The number of hydrogen-bond donors (Lipinski definition) is 1. The fourth-order valence-corrected chi connectivity index (χ4v) is 1.50. The van der Waals surface area contributed by atoms with E-state index in [1.165, 1.54) is 14.0 Å². The number of carbonyl (C=O) groups is 2. The zero-order valence-corrected chi connectivity index (χ0v) is 10.4. The molecule has 86 valence electrons. The van der Waals surface area contributed by atoms with Crippen LogP contribution in [0.4, 0.5) is 0 Å². The number of likely N-dealkylation sites (N-methyl/N-ethyl adjacent to an activating group) is 1. The second-order valence-corrected chi connectivity index (χ2v) is 4.02. The van der Waals surface area contributed by atoms with E-state index in [0.717, 1.165) is 4.90 Å². The average Bonchev–Trinajstić information content (AvgIpc) is 2.26. The Labute approximate surface area is 101 Å². The van der Waals surface area contributed by atoms with Crippen molar-refractivity contribution in [2.45, 2.75) is 13.0 Å². The number of rotatable bonds is 3. The second-order valence-electron chi connectivity index (χ2n) is 3.27. The van der Waals surface area contributed by atoms with Crippen LogP contribution in [0.1, 0.15) is 17.3 Å². The first kappa shape index (κ1) is 12.6. The quantitative estimate of drug-likeness (QED) is 0.853. The second kappa shape index (κ2) is 5.07. The molecule has 0 aliphatic carbocycles. The summed E-state index contributed by atoms with van der Waals surface area (Å²) < 4.78 is 0.407. The Bertz CT molecular complexity index is 422. The minimum absolute atomic E-state index is 0.345. The Hall–Kier alpha value is -1.43. The van der Waals surface area contributed by atoms with Crippen LogP contribution in [0.2, 0.25) is 0 Å². The average molecular weight is 287 g/mol. The highest BCUT2D eigenvalue weighted by Gasteiger charge is 2.24. The number of aliphatic carboxylic acids is 1.